The molecule has 1 aromatic rings. The number of nitro benzene ring substituents is 1. The average molecular weight is 251 g/mol. The summed E-state index contributed by atoms with van der Waals surface area (Å²) in [6, 6.07) is 5.45. The molecule has 1 aromatic carbocycles. The first kappa shape index (κ1) is 13.8. The van der Waals surface area contributed by atoms with Gasteiger partial charge in [0.1, 0.15) is 5.78 Å². The molecule has 1 amide bonds. The Balaban J connectivity index is 2.49. The van der Waals surface area contributed by atoms with Gasteiger partial charge in [-0.15, -0.1) is 0 Å². The van der Waals surface area contributed by atoms with Crippen molar-refractivity contribution in [2.75, 3.05) is 11.9 Å². The lowest BCUT2D eigenvalue weighted by molar-refractivity contribution is -0.384. The molecule has 96 valence electrons. The Kier molecular flexibility index (Phi) is 4.94. The summed E-state index contributed by atoms with van der Waals surface area (Å²) in [6.07, 6.45) is 0.141. The Morgan fingerprint density at radius 1 is 1.22 bits per heavy atom. The molecule has 7 heteroatoms. The summed E-state index contributed by atoms with van der Waals surface area (Å²) in [5.41, 5.74) is 5.51. The molecular weight excluding hydrogens is 238 g/mol. The second-order valence-corrected chi connectivity index (χ2v) is 3.59. The molecule has 0 aliphatic carbocycles. The number of benzene rings is 1. The minimum absolute atomic E-state index is 0.0486. The third-order valence-electron chi connectivity index (χ3n) is 2.22. The zero-order valence-corrected chi connectivity index (χ0v) is 9.59. The summed E-state index contributed by atoms with van der Waals surface area (Å²) < 4.78 is 0. The number of nitrogens with two attached hydrogens (primary N) is 1. The molecule has 0 saturated carbocycles. The van der Waals surface area contributed by atoms with Crippen LogP contribution in [0.4, 0.5) is 11.4 Å². The van der Waals surface area contributed by atoms with Crippen molar-refractivity contribution in [1.82, 2.24) is 0 Å². The quantitative estimate of drug-likeness (QED) is 0.574. The number of ketones is 1. The van der Waals surface area contributed by atoms with Gasteiger partial charge in [-0.3, -0.25) is 19.7 Å². The number of carbonyl (C=O) groups excluding carboxylic acids is 2. The maximum atomic E-state index is 11.4. The highest BCUT2D eigenvalue weighted by atomic mass is 16.6. The zero-order valence-electron chi connectivity index (χ0n) is 9.59. The van der Waals surface area contributed by atoms with E-state index in [4.69, 9.17) is 5.73 Å². The van der Waals surface area contributed by atoms with Crippen molar-refractivity contribution in [2.24, 2.45) is 5.73 Å². The number of carbonyl (C=O) groups is 2. The highest BCUT2D eigenvalue weighted by Crippen LogP contribution is 2.15. The van der Waals surface area contributed by atoms with E-state index in [0.29, 0.717) is 5.69 Å². The van der Waals surface area contributed by atoms with E-state index >= 15 is 0 Å². The number of anilines is 1. The van der Waals surface area contributed by atoms with Crippen LogP contribution in [-0.2, 0) is 9.59 Å². The molecule has 0 radical (unpaired) electrons. The molecule has 1 rings (SSSR count). The Labute approximate surface area is 103 Å². The van der Waals surface area contributed by atoms with Crippen LogP contribution in [0.1, 0.15) is 12.8 Å². The summed E-state index contributed by atoms with van der Waals surface area (Å²) in [4.78, 5) is 32.2. The molecule has 0 atom stereocenters. The molecule has 0 aliphatic rings. The first-order valence-corrected chi connectivity index (χ1v) is 5.29. The van der Waals surface area contributed by atoms with Crippen molar-refractivity contribution < 1.29 is 14.5 Å². The van der Waals surface area contributed by atoms with Crippen LogP contribution in [0.15, 0.2) is 24.3 Å². The van der Waals surface area contributed by atoms with E-state index in [1.807, 2.05) is 0 Å². The van der Waals surface area contributed by atoms with Crippen molar-refractivity contribution in [3.8, 4) is 0 Å². The zero-order chi connectivity index (χ0) is 13.5. The van der Waals surface area contributed by atoms with Gasteiger partial charge in [-0.2, -0.15) is 0 Å². The van der Waals surface area contributed by atoms with Gasteiger partial charge >= 0.3 is 0 Å². The van der Waals surface area contributed by atoms with Gasteiger partial charge in [-0.05, 0) is 12.1 Å². The molecule has 0 saturated heterocycles. The van der Waals surface area contributed by atoms with Crippen molar-refractivity contribution in [3.63, 3.8) is 0 Å². The van der Waals surface area contributed by atoms with Gasteiger partial charge in [0.15, 0.2) is 0 Å². The second-order valence-electron chi connectivity index (χ2n) is 3.59. The third kappa shape index (κ3) is 4.30. The van der Waals surface area contributed by atoms with Crippen LogP contribution in [0.5, 0.6) is 0 Å². The Morgan fingerprint density at radius 3 is 2.33 bits per heavy atom. The topological polar surface area (TPSA) is 115 Å². The monoisotopic (exact) mass is 251 g/mol. The SMILES string of the molecule is NCC(=O)CCC(=O)Nc1ccc([N+](=O)[O-])cc1. The van der Waals surface area contributed by atoms with Crippen LogP contribution in [-0.4, -0.2) is 23.2 Å². The molecule has 7 nitrogen and oxygen atoms in total. The van der Waals surface area contributed by atoms with E-state index in [1.165, 1.54) is 24.3 Å². The number of Topliss-reactive ketones (excluding diaryl/α,β-unsaturated/α-hetero) is 1. The fourth-order valence-electron chi connectivity index (χ4n) is 1.24. The fourth-order valence-corrected chi connectivity index (χ4v) is 1.24. The lowest BCUT2D eigenvalue weighted by Gasteiger charge is -2.04. The maximum absolute atomic E-state index is 11.4. The van der Waals surface area contributed by atoms with Crippen LogP contribution >= 0.6 is 0 Å². The number of non-ortho nitro benzene ring substituents is 1. The number of nitrogens with zero attached hydrogens (tertiary/aromatic N) is 1. The van der Waals surface area contributed by atoms with Crippen LogP contribution in [0.25, 0.3) is 0 Å². The highest BCUT2D eigenvalue weighted by Gasteiger charge is 2.08. The molecule has 0 aliphatic heterocycles. The van der Waals surface area contributed by atoms with E-state index in [-0.39, 0.29) is 36.8 Å². The summed E-state index contributed by atoms with van der Waals surface area (Å²) in [6.45, 7) is -0.0786. The standard InChI is InChI=1S/C11H13N3O4/c12-7-10(15)5-6-11(16)13-8-1-3-9(4-2-8)14(17)18/h1-4H,5-7,12H2,(H,13,16). The molecule has 0 spiro atoms. The lowest BCUT2D eigenvalue weighted by Crippen LogP contribution is -2.17. The van der Waals surface area contributed by atoms with Gasteiger partial charge in [0.25, 0.3) is 5.69 Å². The normalized spacial score (nSPS) is 9.83. The van der Waals surface area contributed by atoms with E-state index < -0.39 is 4.92 Å². The molecule has 0 bridgehead atoms. The summed E-state index contributed by atoms with van der Waals surface area (Å²) in [5.74, 6) is -0.514. The molecule has 18 heavy (non-hydrogen) atoms. The summed E-state index contributed by atoms with van der Waals surface area (Å²) in [7, 11) is 0. The number of nitro groups is 1. The largest absolute Gasteiger partial charge is 0.326 e. The van der Waals surface area contributed by atoms with Crippen molar-refractivity contribution in [1.29, 1.82) is 0 Å². The molecule has 0 unspecified atom stereocenters. The number of amides is 1. The number of nitrogens with one attached hydrogen (secondary N) is 1. The Hall–Kier alpha value is -2.28. The predicted molar refractivity (Wildman–Crippen MR) is 65.0 cm³/mol. The van der Waals surface area contributed by atoms with Crippen molar-refractivity contribution in [2.45, 2.75) is 12.8 Å². The van der Waals surface area contributed by atoms with Crippen LogP contribution in [0.2, 0.25) is 0 Å². The van der Waals surface area contributed by atoms with Crippen LogP contribution in [0, 0.1) is 10.1 Å². The number of hydrogen-bond donors (Lipinski definition) is 2. The Bertz CT molecular complexity index is 456. The molecule has 0 heterocycles. The molecule has 3 N–H and O–H groups in total. The van der Waals surface area contributed by atoms with Crippen molar-refractivity contribution >= 4 is 23.1 Å². The highest BCUT2D eigenvalue weighted by molar-refractivity contribution is 5.93. The van der Waals surface area contributed by atoms with E-state index in [0.717, 1.165) is 0 Å². The fraction of sp³-hybridized carbons (Fsp3) is 0.273. The first-order valence-electron chi connectivity index (χ1n) is 5.29. The molecule has 0 aromatic heterocycles. The van der Waals surface area contributed by atoms with E-state index in [2.05, 4.69) is 5.32 Å². The predicted octanol–water partition coefficient (Wildman–Crippen LogP) is 0.841. The van der Waals surface area contributed by atoms with Gasteiger partial charge in [-0.25, -0.2) is 0 Å². The smallest absolute Gasteiger partial charge is 0.269 e. The minimum Gasteiger partial charge on any atom is -0.326 e. The summed E-state index contributed by atoms with van der Waals surface area (Å²) >= 11 is 0. The van der Waals surface area contributed by atoms with Gasteiger partial charge < -0.3 is 11.1 Å². The van der Waals surface area contributed by atoms with Gasteiger partial charge in [0.05, 0.1) is 11.5 Å². The number of rotatable bonds is 6. The lowest BCUT2D eigenvalue weighted by atomic mass is 10.2. The average Bonchev–Trinajstić information content (AvgIpc) is 2.36. The first-order chi connectivity index (χ1) is 8.52. The minimum atomic E-state index is -0.522. The van der Waals surface area contributed by atoms with E-state index in [1.54, 1.807) is 0 Å². The number of hydrogen-bond acceptors (Lipinski definition) is 5. The van der Waals surface area contributed by atoms with Gasteiger partial charge in [-0.1, -0.05) is 0 Å². The Morgan fingerprint density at radius 2 is 1.83 bits per heavy atom. The third-order valence-corrected chi connectivity index (χ3v) is 2.22. The summed E-state index contributed by atoms with van der Waals surface area (Å²) in [5, 5.41) is 12.9. The second kappa shape index (κ2) is 6.45. The van der Waals surface area contributed by atoms with Crippen LogP contribution < -0.4 is 11.1 Å². The van der Waals surface area contributed by atoms with Crippen LogP contribution in [0.3, 0.4) is 0 Å². The van der Waals surface area contributed by atoms with E-state index in [9.17, 15) is 19.7 Å². The molecule has 0 fully saturated rings. The van der Waals surface area contributed by atoms with Crippen molar-refractivity contribution in [3.05, 3.63) is 34.4 Å². The van der Waals surface area contributed by atoms with Gasteiger partial charge in [0.2, 0.25) is 5.91 Å². The van der Waals surface area contributed by atoms with Gasteiger partial charge in [0, 0.05) is 30.7 Å². The maximum Gasteiger partial charge on any atom is 0.269 e. The molecular formula is C11H13N3O4.